The molecule has 0 saturated heterocycles. The van der Waals surface area contributed by atoms with Gasteiger partial charge in [0.05, 0.1) is 5.02 Å². The Morgan fingerprint density at radius 2 is 2.00 bits per heavy atom. The van der Waals surface area contributed by atoms with E-state index in [1.54, 1.807) is 4.90 Å². The van der Waals surface area contributed by atoms with E-state index in [9.17, 15) is 13.2 Å². The average Bonchev–Trinajstić information content (AvgIpc) is 2.34. The first-order chi connectivity index (χ1) is 9.18. The SMILES string of the molecule is CCCN(C(=O)c1ccc(Cl)c(S(N)(=O)=O)c1)C(C)C. The minimum Gasteiger partial charge on any atom is -0.336 e. The van der Waals surface area contributed by atoms with Gasteiger partial charge >= 0.3 is 0 Å². The summed E-state index contributed by atoms with van der Waals surface area (Å²) in [6, 6.07) is 4.13. The van der Waals surface area contributed by atoms with Gasteiger partial charge in [-0.2, -0.15) is 0 Å². The number of benzene rings is 1. The van der Waals surface area contributed by atoms with Gasteiger partial charge in [-0.15, -0.1) is 0 Å². The summed E-state index contributed by atoms with van der Waals surface area (Å²) in [5.41, 5.74) is 0.264. The van der Waals surface area contributed by atoms with Crippen LogP contribution in [0.1, 0.15) is 37.6 Å². The molecule has 7 heteroatoms. The van der Waals surface area contributed by atoms with Crippen LogP contribution in [0, 0.1) is 0 Å². The van der Waals surface area contributed by atoms with Crippen LogP contribution in [0.4, 0.5) is 0 Å². The third kappa shape index (κ3) is 3.94. The minimum absolute atomic E-state index is 0.00985. The summed E-state index contributed by atoms with van der Waals surface area (Å²) in [4.78, 5) is 13.9. The van der Waals surface area contributed by atoms with E-state index in [1.807, 2.05) is 20.8 Å². The second-order valence-corrected chi connectivity index (χ2v) is 6.72. The van der Waals surface area contributed by atoms with Crippen molar-refractivity contribution in [1.29, 1.82) is 0 Å². The molecule has 2 N–H and O–H groups in total. The quantitative estimate of drug-likeness (QED) is 0.904. The standard InChI is InChI=1S/C13H19ClN2O3S/c1-4-7-16(9(2)3)13(17)10-5-6-11(14)12(8-10)20(15,18)19/h5-6,8-9H,4,7H2,1-3H3,(H2,15,18,19). The van der Waals surface area contributed by atoms with Crippen molar-refractivity contribution in [3.05, 3.63) is 28.8 Å². The maximum absolute atomic E-state index is 12.4. The number of hydrogen-bond acceptors (Lipinski definition) is 3. The van der Waals surface area contributed by atoms with Gasteiger partial charge in [0.15, 0.2) is 0 Å². The first kappa shape index (κ1) is 16.9. The molecule has 5 nitrogen and oxygen atoms in total. The lowest BCUT2D eigenvalue weighted by Crippen LogP contribution is -2.37. The Kier molecular flexibility index (Phi) is 5.56. The molecule has 112 valence electrons. The van der Waals surface area contributed by atoms with E-state index in [4.69, 9.17) is 16.7 Å². The molecule has 20 heavy (non-hydrogen) atoms. The van der Waals surface area contributed by atoms with Gasteiger partial charge in [-0.05, 0) is 38.5 Å². The second kappa shape index (κ2) is 6.56. The van der Waals surface area contributed by atoms with Gasteiger partial charge in [0.1, 0.15) is 4.90 Å². The van der Waals surface area contributed by atoms with E-state index >= 15 is 0 Å². The summed E-state index contributed by atoms with van der Waals surface area (Å²) in [6.45, 7) is 6.39. The fourth-order valence-corrected chi connectivity index (χ4v) is 2.93. The highest BCUT2D eigenvalue weighted by molar-refractivity contribution is 7.89. The van der Waals surface area contributed by atoms with Crippen LogP contribution < -0.4 is 5.14 Å². The van der Waals surface area contributed by atoms with Crippen molar-refractivity contribution in [2.75, 3.05) is 6.54 Å². The molecule has 0 aliphatic rings. The number of primary sulfonamides is 1. The van der Waals surface area contributed by atoms with E-state index in [0.717, 1.165) is 6.42 Å². The highest BCUT2D eigenvalue weighted by Crippen LogP contribution is 2.22. The first-order valence-electron chi connectivity index (χ1n) is 6.31. The molecule has 1 aromatic carbocycles. The van der Waals surface area contributed by atoms with Gasteiger partial charge in [0.25, 0.3) is 5.91 Å². The molecule has 0 spiro atoms. The molecule has 0 aromatic heterocycles. The number of sulfonamides is 1. The molecule has 0 fully saturated rings. The van der Waals surface area contributed by atoms with Crippen molar-refractivity contribution in [3.8, 4) is 0 Å². The molecule has 0 saturated carbocycles. The molecule has 0 heterocycles. The number of hydrogen-bond donors (Lipinski definition) is 1. The van der Waals surface area contributed by atoms with Crippen LogP contribution in [0.25, 0.3) is 0 Å². The summed E-state index contributed by atoms with van der Waals surface area (Å²) in [5, 5.41) is 5.09. The molecule has 0 aliphatic carbocycles. The summed E-state index contributed by atoms with van der Waals surface area (Å²) in [6.07, 6.45) is 0.819. The Morgan fingerprint density at radius 3 is 2.45 bits per heavy atom. The second-order valence-electron chi connectivity index (χ2n) is 4.78. The van der Waals surface area contributed by atoms with Gasteiger partial charge in [-0.3, -0.25) is 4.79 Å². The lowest BCUT2D eigenvalue weighted by Gasteiger charge is -2.26. The van der Waals surface area contributed by atoms with Crippen molar-refractivity contribution in [1.82, 2.24) is 4.90 Å². The number of amides is 1. The molecule has 0 bridgehead atoms. The third-order valence-corrected chi connectivity index (χ3v) is 4.23. The number of nitrogens with two attached hydrogens (primary N) is 1. The van der Waals surface area contributed by atoms with Crippen LogP contribution in [-0.4, -0.2) is 31.8 Å². The lowest BCUT2D eigenvalue weighted by molar-refractivity contribution is 0.0705. The van der Waals surface area contributed by atoms with E-state index < -0.39 is 10.0 Å². The van der Waals surface area contributed by atoms with E-state index in [2.05, 4.69) is 0 Å². The van der Waals surface area contributed by atoms with Crippen LogP contribution in [0.2, 0.25) is 5.02 Å². The Bertz CT molecular complexity index is 600. The van der Waals surface area contributed by atoms with Gasteiger partial charge in [-0.1, -0.05) is 18.5 Å². The molecule has 1 amide bonds. The molecule has 0 radical (unpaired) electrons. The molecule has 1 rings (SSSR count). The van der Waals surface area contributed by atoms with Crippen molar-refractivity contribution >= 4 is 27.5 Å². The van der Waals surface area contributed by atoms with Gasteiger partial charge in [0.2, 0.25) is 10.0 Å². The molecule has 0 aliphatic heterocycles. The molecule has 1 aromatic rings. The zero-order valence-electron chi connectivity index (χ0n) is 11.8. The van der Waals surface area contributed by atoms with Gasteiger partial charge < -0.3 is 4.90 Å². The van der Waals surface area contributed by atoms with Crippen molar-refractivity contribution in [2.45, 2.75) is 38.1 Å². The van der Waals surface area contributed by atoms with Gasteiger partial charge in [-0.25, -0.2) is 13.6 Å². The molecule has 0 atom stereocenters. The fourth-order valence-electron chi connectivity index (χ4n) is 1.86. The highest BCUT2D eigenvalue weighted by Gasteiger charge is 2.21. The zero-order chi connectivity index (χ0) is 15.5. The van der Waals surface area contributed by atoms with Crippen LogP contribution in [-0.2, 0) is 10.0 Å². The number of halogens is 1. The summed E-state index contributed by atoms with van der Waals surface area (Å²) in [5.74, 6) is -0.233. The third-order valence-electron chi connectivity index (χ3n) is 2.83. The number of nitrogens with zero attached hydrogens (tertiary/aromatic N) is 1. The smallest absolute Gasteiger partial charge is 0.254 e. The maximum atomic E-state index is 12.4. The van der Waals surface area contributed by atoms with E-state index in [-0.39, 0.29) is 27.4 Å². The Balaban J connectivity index is 3.23. The van der Waals surface area contributed by atoms with E-state index in [0.29, 0.717) is 6.54 Å². The van der Waals surface area contributed by atoms with Crippen molar-refractivity contribution < 1.29 is 13.2 Å². The molecule has 0 unspecified atom stereocenters. The molecular formula is C13H19ClN2O3S. The number of carbonyl (C=O) groups excluding carboxylic acids is 1. The van der Waals surface area contributed by atoms with Crippen LogP contribution in [0.3, 0.4) is 0 Å². The summed E-state index contributed by atoms with van der Waals surface area (Å²) in [7, 11) is -3.95. The van der Waals surface area contributed by atoms with Crippen molar-refractivity contribution in [3.63, 3.8) is 0 Å². The zero-order valence-corrected chi connectivity index (χ0v) is 13.3. The fraction of sp³-hybridized carbons (Fsp3) is 0.462. The topological polar surface area (TPSA) is 80.5 Å². The van der Waals surface area contributed by atoms with Crippen LogP contribution in [0.15, 0.2) is 23.1 Å². The monoisotopic (exact) mass is 318 g/mol. The Morgan fingerprint density at radius 1 is 1.40 bits per heavy atom. The largest absolute Gasteiger partial charge is 0.336 e. The summed E-state index contributed by atoms with van der Waals surface area (Å²) >= 11 is 5.80. The predicted molar refractivity (Wildman–Crippen MR) is 79.3 cm³/mol. The first-order valence-corrected chi connectivity index (χ1v) is 8.24. The van der Waals surface area contributed by atoms with Gasteiger partial charge in [0, 0.05) is 18.2 Å². The Hall–Kier alpha value is -1.11. The van der Waals surface area contributed by atoms with Crippen molar-refractivity contribution in [2.24, 2.45) is 5.14 Å². The number of rotatable bonds is 5. The predicted octanol–water partition coefficient (Wildman–Crippen LogP) is 2.25. The lowest BCUT2D eigenvalue weighted by atomic mass is 10.1. The normalized spacial score (nSPS) is 11.7. The van der Waals surface area contributed by atoms with Crippen LogP contribution >= 0.6 is 11.6 Å². The highest BCUT2D eigenvalue weighted by atomic mass is 35.5. The minimum atomic E-state index is -3.95. The number of carbonyl (C=O) groups is 1. The van der Waals surface area contributed by atoms with E-state index in [1.165, 1.54) is 18.2 Å². The van der Waals surface area contributed by atoms with Crippen LogP contribution in [0.5, 0.6) is 0 Å². The Labute approximate surface area is 124 Å². The average molecular weight is 319 g/mol. The molecular weight excluding hydrogens is 300 g/mol. The maximum Gasteiger partial charge on any atom is 0.254 e. The summed E-state index contributed by atoms with van der Waals surface area (Å²) < 4.78 is 22.9.